The van der Waals surface area contributed by atoms with Gasteiger partial charge in [-0.25, -0.2) is 0 Å². The molecule has 106 valence electrons. The van der Waals surface area contributed by atoms with Gasteiger partial charge in [-0.15, -0.1) is 0 Å². The van der Waals surface area contributed by atoms with Crippen LogP contribution in [0.25, 0.3) is 10.8 Å². The minimum absolute atomic E-state index is 0.341. The Hall–Kier alpha value is -1.84. The molecule has 0 heterocycles. The lowest BCUT2D eigenvalue weighted by Gasteiger charge is -2.11. The van der Waals surface area contributed by atoms with Crippen molar-refractivity contribution in [3.63, 3.8) is 0 Å². The molecule has 0 radical (unpaired) electrons. The van der Waals surface area contributed by atoms with Gasteiger partial charge in [0.25, 0.3) is 0 Å². The molecular weight excluding hydrogens is 326 g/mol. The zero-order chi connectivity index (χ0) is 14.7. The van der Waals surface area contributed by atoms with Gasteiger partial charge in [-0.3, -0.25) is 0 Å². The molecule has 3 aromatic carbocycles. The number of benzene rings is 3. The maximum atomic E-state index is 10.1. The van der Waals surface area contributed by atoms with E-state index >= 15 is 0 Å². The summed E-state index contributed by atoms with van der Waals surface area (Å²) < 4.78 is 1.10. The van der Waals surface area contributed by atoms with Gasteiger partial charge in [-0.2, -0.15) is 0 Å². The average molecular weight is 342 g/mol. The van der Waals surface area contributed by atoms with Crippen LogP contribution in [0.5, 0.6) is 5.75 Å². The van der Waals surface area contributed by atoms with E-state index in [0.29, 0.717) is 12.3 Å². The third-order valence-electron chi connectivity index (χ3n) is 3.59. The van der Waals surface area contributed by atoms with Crippen molar-refractivity contribution in [1.29, 1.82) is 0 Å². The molecule has 3 heteroatoms. The predicted octanol–water partition coefficient (Wildman–Crippen LogP) is 4.60. The number of hydrogen-bond acceptors (Lipinski definition) is 2. The number of fused-ring (bicyclic) bond motifs is 1. The third kappa shape index (κ3) is 3.09. The number of hydrogen-bond donors (Lipinski definition) is 2. The Bertz CT molecular complexity index is 770. The van der Waals surface area contributed by atoms with E-state index in [9.17, 15) is 5.11 Å². The van der Waals surface area contributed by atoms with Crippen LogP contribution in [0.2, 0.25) is 0 Å². The smallest absolute Gasteiger partial charge is 0.120 e. The fourth-order valence-electron chi connectivity index (χ4n) is 2.47. The Morgan fingerprint density at radius 1 is 0.857 bits per heavy atom. The van der Waals surface area contributed by atoms with Crippen LogP contribution in [-0.4, -0.2) is 5.11 Å². The quantitative estimate of drug-likeness (QED) is 0.726. The summed E-state index contributed by atoms with van der Waals surface area (Å²) in [6, 6.07) is 20.0. The lowest BCUT2D eigenvalue weighted by atomic mass is 10.0. The zero-order valence-electron chi connectivity index (χ0n) is 11.5. The monoisotopic (exact) mass is 341 g/mol. The summed E-state index contributed by atoms with van der Waals surface area (Å²) in [6.45, 7) is 1.39. The first kappa shape index (κ1) is 14.1. The van der Waals surface area contributed by atoms with Gasteiger partial charge >= 0.3 is 0 Å². The van der Waals surface area contributed by atoms with Crippen molar-refractivity contribution in [3.8, 4) is 5.75 Å². The van der Waals surface area contributed by atoms with Crippen molar-refractivity contribution in [1.82, 2.24) is 5.32 Å². The van der Waals surface area contributed by atoms with Crippen LogP contribution in [-0.2, 0) is 13.1 Å². The lowest BCUT2D eigenvalue weighted by molar-refractivity contribution is 0.466. The molecule has 0 bridgehead atoms. The molecule has 0 aliphatic heterocycles. The summed E-state index contributed by atoms with van der Waals surface area (Å²) >= 11 is 3.55. The Kier molecular flexibility index (Phi) is 4.23. The SMILES string of the molecule is Oc1ccc2ccccc2c1CNCc1ccccc1Br. The van der Waals surface area contributed by atoms with Crippen LogP contribution in [0, 0.1) is 0 Å². The van der Waals surface area contributed by atoms with Crippen molar-refractivity contribution >= 4 is 26.7 Å². The van der Waals surface area contributed by atoms with E-state index in [-0.39, 0.29) is 0 Å². The average Bonchev–Trinajstić information content (AvgIpc) is 2.51. The fourth-order valence-corrected chi connectivity index (χ4v) is 2.90. The Morgan fingerprint density at radius 2 is 1.62 bits per heavy atom. The molecule has 0 fully saturated rings. The van der Waals surface area contributed by atoms with E-state index in [1.165, 1.54) is 5.56 Å². The standard InChI is InChI=1S/C18H16BrNO/c19-17-8-4-2-6-14(17)11-20-12-16-15-7-3-1-5-13(15)9-10-18(16)21/h1-10,20-21H,11-12H2. The van der Waals surface area contributed by atoms with Crippen molar-refractivity contribution in [2.24, 2.45) is 0 Å². The van der Waals surface area contributed by atoms with Crippen LogP contribution in [0.1, 0.15) is 11.1 Å². The molecule has 0 unspecified atom stereocenters. The highest BCUT2D eigenvalue weighted by Crippen LogP contribution is 2.27. The van der Waals surface area contributed by atoms with Gasteiger partial charge in [0, 0.05) is 23.1 Å². The predicted molar refractivity (Wildman–Crippen MR) is 90.3 cm³/mol. The first-order valence-corrected chi connectivity index (χ1v) is 7.69. The van der Waals surface area contributed by atoms with Crippen LogP contribution in [0.4, 0.5) is 0 Å². The first-order valence-electron chi connectivity index (χ1n) is 6.89. The largest absolute Gasteiger partial charge is 0.508 e. The molecular formula is C18H16BrNO. The minimum atomic E-state index is 0.341. The molecule has 0 amide bonds. The lowest BCUT2D eigenvalue weighted by Crippen LogP contribution is -2.13. The molecule has 0 aliphatic rings. The molecule has 21 heavy (non-hydrogen) atoms. The Morgan fingerprint density at radius 3 is 2.48 bits per heavy atom. The summed E-state index contributed by atoms with van der Waals surface area (Å²) in [4.78, 5) is 0. The molecule has 0 saturated carbocycles. The van der Waals surface area contributed by atoms with E-state index in [0.717, 1.165) is 27.4 Å². The number of rotatable bonds is 4. The third-order valence-corrected chi connectivity index (χ3v) is 4.36. The maximum absolute atomic E-state index is 10.1. The fraction of sp³-hybridized carbons (Fsp3) is 0.111. The van der Waals surface area contributed by atoms with Crippen molar-refractivity contribution in [3.05, 3.63) is 76.3 Å². The normalized spacial score (nSPS) is 10.9. The zero-order valence-corrected chi connectivity index (χ0v) is 13.1. The molecule has 3 rings (SSSR count). The number of phenols is 1. The van der Waals surface area contributed by atoms with Gasteiger partial charge in [0.2, 0.25) is 0 Å². The number of halogens is 1. The Labute approximate surface area is 132 Å². The summed E-state index contributed by atoms with van der Waals surface area (Å²) in [5.41, 5.74) is 2.15. The van der Waals surface area contributed by atoms with E-state index in [1.54, 1.807) is 6.07 Å². The highest BCUT2D eigenvalue weighted by Gasteiger charge is 2.06. The van der Waals surface area contributed by atoms with Gasteiger partial charge < -0.3 is 10.4 Å². The second-order valence-corrected chi connectivity index (χ2v) is 5.83. The molecule has 0 aromatic heterocycles. The van der Waals surface area contributed by atoms with Crippen molar-refractivity contribution < 1.29 is 5.11 Å². The molecule has 0 saturated heterocycles. The van der Waals surface area contributed by atoms with Gasteiger partial charge in [0.05, 0.1) is 0 Å². The summed E-state index contributed by atoms with van der Waals surface area (Å²) in [7, 11) is 0. The second kappa shape index (κ2) is 6.29. The summed E-state index contributed by atoms with van der Waals surface area (Å²) in [6.07, 6.45) is 0. The van der Waals surface area contributed by atoms with Crippen LogP contribution in [0.3, 0.4) is 0 Å². The number of aromatic hydroxyl groups is 1. The van der Waals surface area contributed by atoms with E-state index in [2.05, 4.69) is 33.4 Å². The van der Waals surface area contributed by atoms with E-state index in [4.69, 9.17) is 0 Å². The highest BCUT2D eigenvalue weighted by atomic mass is 79.9. The second-order valence-electron chi connectivity index (χ2n) is 4.98. The van der Waals surface area contributed by atoms with Crippen molar-refractivity contribution in [2.75, 3.05) is 0 Å². The topological polar surface area (TPSA) is 32.3 Å². The van der Waals surface area contributed by atoms with Gasteiger partial charge in [-0.1, -0.05) is 64.5 Å². The van der Waals surface area contributed by atoms with Crippen LogP contribution < -0.4 is 5.32 Å². The summed E-state index contributed by atoms with van der Waals surface area (Å²) in [5.74, 6) is 0.341. The molecule has 2 nitrogen and oxygen atoms in total. The number of nitrogens with one attached hydrogen (secondary N) is 1. The Balaban J connectivity index is 1.79. The minimum Gasteiger partial charge on any atom is -0.508 e. The van der Waals surface area contributed by atoms with Gasteiger partial charge in [0.15, 0.2) is 0 Å². The number of phenolic OH excluding ortho intramolecular Hbond substituents is 1. The maximum Gasteiger partial charge on any atom is 0.120 e. The molecule has 3 aromatic rings. The van der Waals surface area contributed by atoms with Gasteiger partial charge in [-0.05, 0) is 28.5 Å². The van der Waals surface area contributed by atoms with Crippen LogP contribution >= 0.6 is 15.9 Å². The van der Waals surface area contributed by atoms with E-state index in [1.807, 2.05) is 42.5 Å². The molecule has 0 atom stereocenters. The van der Waals surface area contributed by atoms with Crippen molar-refractivity contribution in [2.45, 2.75) is 13.1 Å². The summed E-state index contributed by atoms with van der Waals surface area (Å²) in [5, 5.41) is 15.8. The van der Waals surface area contributed by atoms with Gasteiger partial charge in [0.1, 0.15) is 5.75 Å². The van der Waals surface area contributed by atoms with E-state index < -0.39 is 0 Å². The molecule has 0 aliphatic carbocycles. The molecule has 0 spiro atoms. The molecule has 2 N–H and O–H groups in total. The highest BCUT2D eigenvalue weighted by molar-refractivity contribution is 9.10. The van der Waals surface area contributed by atoms with Crippen LogP contribution in [0.15, 0.2) is 65.1 Å². The first-order chi connectivity index (χ1) is 10.3.